The lowest BCUT2D eigenvalue weighted by Gasteiger charge is -2.05. The van der Waals surface area contributed by atoms with E-state index in [0.717, 1.165) is 25.4 Å². The molecule has 0 bridgehead atoms. The summed E-state index contributed by atoms with van der Waals surface area (Å²) < 4.78 is 10.6. The molecule has 1 heterocycles. The quantitative estimate of drug-likeness (QED) is 0.540. The van der Waals surface area contributed by atoms with E-state index in [1.54, 1.807) is 18.3 Å². The molecule has 0 aliphatic heterocycles. The van der Waals surface area contributed by atoms with Crippen molar-refractivity contribution >= 4 is 11.6 Å². The van der Waals surface area contributed by atoms with Crippen LogP contribution < -0.4 is 4.74 Å². The third-order valence-electron chi connectivity index (χ3n) is 1.61. The van der Waals surface area contributed by atoms with Crippen molar-refractivity contribution in [3.8, 4) is 5.75 Å². The fourth-order valence-electron chi connectivity index (χ4n) is 0.943. The molecule has 0 aliphatic carbocycles. The first-order valence-corrected chi connectivity index (χ1v) is 5.03. The van der Waals surface area contributed by atoms with Crippen molar-refractivity contribution < 1.29 is 9.47 Å². The Kier molecular flexibility index (Phi) is 5.33. The summed E-state index contributed by atoms with van der Waals surface area (Å²) in [6.07, 6.45) is 2.50. The Hall–Kier alpha value is -0.800. The van der Waals surface area contributed by atoms with Crippen molar-refractivity contribution in [2.24, 2.45) is 0 Å². The Bertz CT molecular complexity index is 251. The van der Waals surface area contributed by atoms with Gasteiger partial charge in [-0.15, -0.1) is 0 Å². The fraction of sp³-hybridized carbons (Fsp3) is 0.500. The second-order valence-corrected chi connectivity index (χ2v) is 3.10. The van der Waals surface area contributed by atoms with Crippen LogP contribution in [-0.2, 0) is 4.74 Å². The van der Waals surface area contributed by atoms with Gasteiger partial charge in [0.15, 0.2) is 0 Å². The second-order valence-electron chi connectivity index (χ2n) is 2.72. The smallest absolute Gasteiger partial charge is 0.137 e. The molecule has 1 aromatic rings. The molecule has 1 rings (SSSR count). The molecule has 78 valence electrons. The second kappa shape index (κ2) is 6.62. The molecule has 0 spiro atoms. The number of halogens is 1. The van der Waals surface area contributed by atoms with Crippen molar-refractivity contribution in [3.05, 3.63) is 23.5 Å². The van der Waals surface area contributed by atoms with Gasteiger partial charge in [-0.25, -0.2) is 4.98 Å². The van der Waals surface area contributed by atoms with Crippen LogP contribution in [0.2, 0.25) is 5.15 Å². The van der Waals surface area contributed by atoms with Gasteiger partial charge in [0.1, 0.15) is 10.9 Å². The minimum Gasteiger partial charge on any atom is -0.492 e. The number of rotatable bonds is 6. The van der Waals surface area contributed by atoms with E-state index < -0.39 is 0 Å². The molecule has 0 aliphatic rings. The molecule has 0 radical (unpaired) electrons. The van der Waals surface area contributed by atoms with Crippen molar-refractivity contribution in [1.29, 1.82) is 0 Å². The maximum Gasteiger partial charge on any atom is 0.137 e. The number of aromatic nitrogens is 1. The van der Waals surface area contributed by atoms with Gasteiger partial charge in [0.2, 0.25) is 0 Å². The minimum absolute atomic E-state index is 0.478. The van der Waals surface area contributed by atoms with E-state index in [-0.39, 0.29) is 0 Å². The lowest BCUT2D eigenvalue weighted by molar-refractivity contribution is 0.131. The summed E-state index contributed by atoms with van der Waals surface area (Å²) in [5.74, 6) is 0.742. The van der Waals surface area contributed by atoms with Crippen molar-refractivity contribution in [3.63, 3.8) is 0 Å². The summed E-state index contributed by atoms with van der Waals surface area (Å²) in [5.41, 5.74) is 0. The van der Waals surface area contributed by atoms with Gasteiger partial charge < -0.3 is 9.47 Å². The first-order valence-electron chi connectivity index (χ1n) is 4.65. The Morgan fingerprint density at radius 3 is 2.86 bits per heavy atom. The van der Waals surface area contributed by atoms with E-state index in [9.17, 15) is 0 Å². The van der Waals surface area contributed by atoms with Crippen LogP contribution in [0.25, 0.3) is 0 Å². The molecule has 0 N–H and O–H groups in total. The Morgan fingerprint density at radius 2 is 2.21 bits per heavy atom. The summed E-state index contributed by atoms with van der Waals surface area (Å²) in [4.78, 5) is 3.90. The summed E-state index contributed by atoms with van der Waals surface area (Å²) in [6.45, 7) is 4.10. The van der Waals surface area contributed by atoms with Gasteiger partial charge in [-0.2, -0.15) is 0 Å². The van der Waals surface area contributed by atoms with Gasteiger partial charge in [0, 0.05) is 19.6 Å². The molecule has 0 atom stereocenters. The maximum absolute atomic E-state index is 5.63. The summed E-state index contributed by atoms with van der Waals surface area (Å²) in [6, 6.07) is 3.51. The zero-order valence-electron chi connectivity index (χ0n) is 8.20. The molecule has 0 saturated heterocycles. The highest BCUT2D eigenvalue weighted by molar-refractivity contribution is 6.29. The van der Waals surface area contributed by atoms with Crippen LogP contribution >= 0.6 is 11.6 Å². The number of hydrogen-bond donors (Lipinski definition) is 0. The van der Waals surface area contributed by atoms with Crippen LogP contribution in [0.3, 0.4) is 0 Å². The Labute approximate surface area is 89.0 Å². The van der Waals surface area contributed by atoms with E-state index in [2.05, 4.69) is 4.98 Å². The van der Waals surface area contributed by atoms with Crippen molar-refractivity contribution in [2.75, 3.05) is 19.8 Å². The third kappa shape index (κ3) is 4.44. The zero-order chi connectivity index (χ0) is 10.2. The third-order valence-corrected chi connectivity index (χ3v) is 1.83. The van der Waals surface area contributed by atoms with Gasteiger partial charge in [0.05, 0.1) is 12.8 Å². The van der Waals surface area contributed by atoms with Crippen LogP contribution in [0.4, 0.5) is 0 Å². The van der Waals surface area contributed by atoms with E-state index in [4.69, 9.17) is 21.1 Å². The summed E-state index contributed by atoms with van der Waals surface area (Å²) in [5, 5.41) is 0.478. The maximum atomic E-state index is 5.63. The minimum atomic E-state index is 0.478. The molecule has 3 nitrogen and oxygen atoms in total. The Balaban J connectivity index is 2.15. The largest absolute Gasteiger partial charge is 0.492 e. The standard InChI is InChI=1S/C10H14ClNO2/c1-2-13-6-3-7-14-9-4-5-10(11)12-8-9/h4-5,8H,2-3,6-7H2,1H3. The van der Waals surface area contributed by atoms with Gasteiger partial charge >= 0.3 is 0 Å². The lowest BCUT2D eigenvalue weighted by atomic mass is 10.4. The fourth-order valence-corrected chi connectivity index (χ4v) is 1.05. The first-order chi connectivity index (χ1) is 6.83. The SMILES string of the molecule is CCOCCCOc1ccc(Cl)nc1. The van der Waals surface area contributed by atoms with Crippen LogP contribution in [0.1, 0.15) is 13.3 Å². The number of ether oxygens (including phenoxy) is 2. The van der Waals surface area contributed by atoms with Gasteiger partial charge in [-0.3, -0.25) is 0 Å². The average Bonchev–Trinajstić information content (AvgIpc) is 2.21. The molecule has 4 heteroatoms. The zero-order valence-corrected chi connectivity index (χ0v) is 8.96. The molecule has 0 amide bonds. The number of hydrogen-bond acceptors (Lipinski definition) is 3. The van der Waals surface area contributed by atoms with E-state index >= 15 is 0 Å². The molecule has 1 aromatic heterocycles. The van der Waals surface area contributed by atoms with Crippen LogP contribution in [0.5, 0.6) is 5.75 Å². The van der Waals surface area contributed by atoms with Gasteiger partial charge in [0.25, 0.3) is 0 Å². The molecular weight excluding hydrogens is 202 g/mol. The van der Waals surface area contributed by atoms with Crippen LogP contribution in [0.15, 0.2) is 18.3 Å². The normalized spacial score (nSPS) is 10.1. The highest BCUT2D eigenvalue weighted by Crippen LogP contribution is 2.11. The topological polar surface area (TPSA) is 31.4 Å². The van der Waals surface area contributed by atoms with Crippen molar-refractivity contribution in [2.45, 2.75) is 13.3 Å². The highest BCUT2D eigenvalue weighted by atomic mass is 35.5. The molecule has 0 fully saturated rings. The summed E-state index contributed by atoms with van der Waals surface area (Å²) >= 11 is 5.63. The predicted molar refractivity (Wildman–Crippen MR) is 55.9 cm³/mol. The lowest BCUT2D eigenvalue weighted by Crippen LogP contribution is -2.02. The predicted octanol–water partition coefficient (Wildman–Crippen LogP) is 2.54. The van der Waals surface area contributed by atoms with E-state index in [0.29, 0.717) is 11.8 Å². The molecule has 0 unspecified atom stereocenters. The van der Waals surface area contributed by atoms with E-state index in [1.165, 1.54) is 0 Å². The highest BCUT2D eigenvalue weighted by Gasteiger charge is 1.94. The van der Waals surface area contributed by atoms with Crippen LogP contribution in [-0.4, -0.2) is 24.8 Å². The molecular formula is C10H14ClNO2. The average molecular weight is 216 g/mol. The van der Waals surface area contributed by atoms with Gasteiger partial charge in [-0.1, -0.05) is 11.6 Å². The molecule has 0 aromatic carbocycles. The number of pyridine rings is 1. The Morgan fingerprint density at radius 1 is 1.36 bits per heavy atom. The van der Waals surface area contributed by atoms with E-state index in [1.807, 2.05) is 6.92 Å². The van der Waals surface area contributed by atoms with Crippen molar-refractivity contribution in [1.82, 2.24) is 4.98 Å². The number of nitrogens with zero attached hydrogens (tertiary/aromatic N) is 1. The molecule has 14 heavy (non-hydrogen) atoms. The van der Waals surface area contributed by atoms with Crippen LogP contribution in [0, 0.1) is 0 Å². The monoisotopic (exact) mass is 215 g/mol. The molecule has 0 saturated carbocycles. The van der Waals surface area contributed by atoms with Gasteiger partial charge in [-0.05, 0) is 19.1 Å². The summed E-state index contributed by atoms with van der Waals surface area (Å²) in [7, 11) is 0. The first kappa shape index (κ1) is 11.3.